The van der Waals surface area contributed by atoms with Gasteiger partial charge in [-0.1, -0.05) is 49.7 Å². The molecule has 1 aromatic rings. The van der Waals surface area contributed by atoms with E-state index in [9.17, 15) is 4.79 Å². The lowest BCUT2D eigenvalue weighted by Crippen LogP contribution is -2.02. The van der Waals surface area contributed by atoms with Gasteiger partial charge in [-0.3, -0.25) is 4.79 Å². The standard InChI is InChI=1S/C14H15ClO2/c1-14(2)11(12(14)13(16)17)8-5-9-3-6-10(15)7-4-9/h3-8,11-12H,1-2H3,(H,16,17)/b8-5+. The monoisotopic (exact) mass is 250 g/mol. The molecule has 0 bridgehead atoms. The molecular weight excluding hydrogens is 236 g/mol. The summed E-state index contributed by atoms with van der Waals surface area (Å²) in [4.78, 5) is 11.0. The van der Waals surface area contributed by atoms with Crippen LogP contribution in [0.25, 0.3) is 6.08 Å². The summed E-state index contributed by atoms with van der Waals surface area (Å²) >= 11 is 5.79. The molecule has 2 nitrogen and oxygen atoms in total. The molecule has 3 heteroatoms. The summed E-state index contributed by atoms with van der Waals surface area (Å²) in [6, 6.07) is 7.50. The van der Waals surface area contributed by atoms with Gasteiger partial charge in [0.15, 0.2) is 0 Å². The van der Waals surface area contributed by atoms with Gasteiger partial charge in [-0.05, 0) is 29.0 Å². The maximum Gasteiger partial charge on any atom is 0.307 e. The summed E-state index contributed by atoms with van der Waals surface area (Å²) in [7, 11) is 0. The second-order valence-corrected chi connectivity index (χ2v) is 5.51. The van der Waals surface area contributed by atoms with Crippen LogP contribution in [-0.2, 0) is 4.79 Å². The van der Waals surface area contributed by atoms with Crippen molar-refractivity contribution in [1.29, 1.82) is 0 Å². The molecular formula is C14H15ClO2. The first-order chi connectivity index (χ1) is 7.93. The molecule has 0 saturated heterocycles. The average molecular weight is 251 g/mol. The molecule has 0 radical (unpaired) electrons. The van der Waals surface area contributed by atoms with Crippen LogP contribution in [0, 0.1) is 17.3 Å². The molecule has 0 amide bonds. The molecule has 0 aliphatic heterocycles. The quantitative estimate of drug-likeness (QED) is 0.888. The summed E-state index contributed by atoms with van der Waals surface area (Å²) in [5.41, 5.74) is 0.913. The maximum absolute atomic E-state index is 11.0. The number of rotatable bonds is 3. The summed E-state index contributed by atoms with van der Waals surface area (Å²) < 4.78 is 0. The van der Waals surface area contributed by atoms with Crippen LogP contribution in [0.5, 0.6) is 0 Å². The summed E-state index contributed by atoms with van der Waals surface area (Å²) in [6.45, 7) is 3.98. The first kappa shape index (κ1) is 12.2. The highest BCUT2D eigenvalue weighted by atomic mass is 35.5. The smallest absolute Gasteiger partial charge is 0.307 e. The van der Waals surface area contributed by atoms with Crippen LogP contribution in [-0.4, -0.2) is 11.1 Å². The van der Waals surface area contributed by atoms with E-state index in [1.807, 2.05) is 50.3 Å². The van der Waals surface area contributed by atoms with Crippen molar-refractivity contribution in [3.05, 3.63) is 40.9 Å². The third-order valence-electron chi connectivity index (χ3n) is 3.54. The summed E-state index contributed by atoms with van der Waals surface area (Å²) in [5.74, 6) is -0.845. The third kappa shape index (κ3) is 2.37. The molecule has 1 saturated carbocycles. The molecule has 1 fully saturated rings. The number of carbonyl (C=O) groups is 1. The van der Waals surface area contributed by atoms with Crippen LogP contribution in [0.4, 0.5) is 0 Å². The number of hydrogen-bond acceptors (Lipinski definition) is 1. The minimum atomic E-state index is -0.708. The first-order valence-electron chi connectivity index (χ1n) is 5.59. The van der Waals surface area contributed by atoms with Gasteiger partial charge in [0.1, 0.15) is 0 Å². The van der Waals surface area contributed by atoms with Crippen molar-refractivity contribution in [1.82, 2.24) is 0 Å². The number of halogens is 1. The van der Waals surface area contributed by atoms with Crippen molar-refractivity contribution in [2.75, 3.05) is 0 Å². The predicted octanol–water partition coefficient (Wildman–Crippen LogP) is 3.71. The van der Waals surface area contributed by atoms with E-state index in [1.165, 1.54) is 0 Å². The van der Waals surface area contributed by atoms with Crippen molar-refractivity contribution in [3.8, 4) is 0 Å². The highest BCUT2D eigenvalue weighted by molar-refractivity contribution is 6.30. The van der Waals surface area contributed by atoms with Crippen LogP contribution in [0.15, 0.2) is 30.3 Å². The largest absolute Gasteiger partial charge is 0.481 e. The van der Waals surface area contributed by atoms with Gasteiger partial charge in [0.05, 0.1) is 5.92 Å². The number of allylic oxidation sites excluding steroid dienone is 1. The molecule has 90 valence electrons. The molecule has 0 aromatic heterocycles. The van der Waals surface area contributed by atoms with Crippen molar-refractivity contribution < 1.29 is 9.90 Å². The predicted molar refractivity (Wildman–Crippen MR) is 68.9 cm³/mol. The lowest BCUT2D eigenvalue weighted by Gasteiger charge is -1.97. The number of benzene rings is 1. The fraction of sp³-hybridized carbons (Fsp3) is 0.357. The molecule has 0 heterocycles. The highest BCUT2D eigenvalue weighted by Gasteiger charge is 2.60. The number of aliphatic carboxylic acids is 1. The van der Waals surface area contributed by atoms with Crippen LogP contribution < -0.4 is 0 Å². The van der Waals surface area contributed by atoms with Crippen LogP contribution in [0.3, 0.4) is 0 Å². The Morgan fingerprint density at radius 3 is 2.41 bits per heavy atom. The lowest BCUT2D eigenvalue weighted by atomic mass is 10.1. The topological polar surface area (TPSA) is 37.3 Å². The summed E-state index contributed by atoms with van der Waals surface area (Å²) in [6.07, 6.45) is 3.95. The fourth-order valence-electron chi connectivity index (χ4n) is 2.30. The molecule has 17 heavy (non-hydrogen) atoms. The van der Waals surface area contributed by atoms with E-state index >= 15 is 0 Å². The third-order valence-corrected chi connectivity index (χ3v) is 3.79. The van der Waals surface area contributed by atoms with E-state index in [2.05, 4.69) is 0 Å². The van der Waals surface area contributed by atoms with E-state index in [4.69, 9.17) is 16.7 Å². The second-order valence-electron chi connectivity index (χ2n) is 5.07. The Morgan fingerprint density at radius 2 is 1.94 bits per heavy atom. The SMILES string of the molecule is CC1(C)C(/C=C/c2ccc(Cl)cc2)C1C(=O)O. The van der Waals surface area contributed by atoms with Gasteiger partial charge in [0, 0.05) is 5.02 Å². The normalized spacial score (nSPS) is 26.1. The number of carboxylic acid groups (broad SMARTS) is 1. The zero-order valence-electron chi connectivity index (χ0n) is 9.85. The first-order valence-corrected chi connectivity index (χ1v) is 5.97. The average Bonchev–Trinajstić information content (AvgIpc) is 2.80. The van der Waals surface area contributed by atoms with Gasteiger partial charge in [0.25, 0.3) is 0 Å². The van der Waals surface area contributed by atoms with E-state index in [0.29, 0.717) is 5.02 Å². The van der Waals surface area contributed by atoms with E-state index < -0.39 is 5.97 Å². The van der Waals surface area contributed by atoms with Crippen LogP contribution >= 0.6 is 11.6 Å². The van der Waals surface area contributed by atoms with E-state index in [0.717, 1.165) is 5.56 Å². The van der Waals surface area contributed by atoms with Gasteiger partial charge in [-0.15, -0.1) is 0 Å². The molecule has 1 N–H and O–H groups in total. The molecule has 0 spiro atoms. The minimum absolute atomic E-state index is 0.121. The van der Waals surface area contributed by atoms with Gasteiger partial charge < -0.3 is 5.11 Å². The van der Waals surface area contributed by atoms with Crippen LogP contribution in [0.2, 0.25) is 5.02 Å². The fourth-order valence-corrected chi connectivity index (χ4v) is 2.42. The maximum atomic E-state index is 11.0. The number of carboxylic acids is 1. The summed E-state index contributed by atoms with van der Waals surface area (Å²) in [5, 5.41) is 9.75. The highest BCUT2D eigenvalue weighted by Crippen LogP contribution is 2.59. The second kappa shape index (κ2) is 4.19. The van der Waals surface area contributed by atoms with Crippen molar-refractivity contribution in [2.24, 2.45) is 17.3 Å². The molecule has 1 aromatic carbocycles. The van der Waals surface area contributed by atoms with Gasteiger partial charge in [0.2, 0.25) is 0 Å². The Balaban J connectivity index is 2.08. The van der Waals surface area contributed by atoms with E-state index in [1.54, 1.807) is 0 Å². The van der Waals surface area contributed by atoms with Gasteiger partial charge in [-0.2, -0.15) is 0 Å². The van der Waals surface area contributed by atoms with Crippen molar-refractivity contribution in [3.63, 3.8) is 0 Å². The molecule has 1 aliphatic carbocycles. The Labute approximate surface area is 106 Å². The Bertz CT molecular complexity index is 460. The molecule has 1 aliphatic rings. The Morgan fingerprint density at radius 1 is 1.35 bits per heavy atom. The van der Waals surface area contributed by atoms with Gasteiger partial charge in [-0.25, -0.2) is 0 Å². The Hall–Kier alpha value is -1.28. The molecule has 2 rings (SSSR count). The molecule has 2 unspecified atom stereocenters. The zero-order chi connectivity index (χ0) is 12.6. The van der Waals surface area contributed by atoms with Crippen molar-refractivity contribution in [2.45, 2.75) is 13.8 Å². The minimum Gasteiger partial charge on any atom is -0.481 e. The van der Waals surface area contributed by atoms with Gasteiger partial charge >= 0.3 is 5.97 Å². The number of hydrogen-bond donors (Lipinski definition) is 1. The zero-order valence-corrected chi connectivity index (χ0v) is 10.6. The molecule has 2 atom stereocenters. The Kier molecular flexibility index (Phi) is 3.00. The van der Waals surface area contributed by atoms with Crippen molar-refractivity contribution >= 4 is 23.6 Å². The lowest BCUT2D eigenvalue weighted by molar-refractivity contribution is -0.139. The van der Waals surface area contributed by atoms with Crippen LogP contribution in [0.1, 0.15) is 19.4 Å². The van der Waals surface area contributed by atoms with E-state index in [-0.39, 0.29) is 17.3 Å².